The number of hydrogen-bond acceptors (Lipinski definition) is 5. The van der Waals surface area contributed by atoms with Gasteiger partial charge in [0.1, 0.15) is 12.1 Å². The number of nitrogens with one attached hydrogen (secondary N) is 1. The monoisotopic (exact) mass is 403 g/mol. The second-order valence-corrected chi connectivity index (χ2v) is 7.90. The molecule has 7 heteroatoms. The number of hydrogen-bond donors (Lipinski definition) is 1. The Balaban J connectivity index is 1.48. The Bertz CT molecular complexity index is 1100. The summed E-state index contributed by atoms with van der Waals surface area (Å²) in [7, 11) is 0. The van der Waals surface area contributed by atoms with Crippen molar-refractivity contribution < 1.29 is 4.79 Å². The van der Waals surface area contributed by atoms with Crippen LogP contribution in [0.25, 0.3) is 17.1 Å². The van der Waals surface area contributed by atoms with E-state index >= 15 is 0 Å². The van der Waals surface area contributed by atoms with Crippen LogP contribution in [0.15, 0.2) is 61.3 Å². The fraction of sp³-hybridized carbons (Fsp3) is 0.182. The lowest BCUT2D eigenvalue weighted by molar-refractivity contribution is 0.102. The maximum atomic E-state index is 12.6. The summed E-state index contributed by atoms with van der Waals surface area (Å²) >= 11 is 1.47. The zero-order valence-corrected chi connectivity index (χ0v) is 17.1. The molecule has 4 rings (SSSR count). The molecule has 29 heavy (non-hydrogen) atoms. The molecule has 1 aromatic carbocycles. The summed E-state index contributed by atoms with van der Waals surface area (Å²) in [5, 5.41) is 3.47. The minimum atomic E-state index is -0.228. The predicted molar refractivity (Wildman–Crippen MR) is 116 cm³/mol. The number of thiazole rings is 1. The largest absolute Gasteiger partial charge is 0.298 e. The second-order valence-electron chi connectivity index (χ2n) is 6.70. The summed E-state index contributed by atoms with van der Waals surface area (Å²) in [4.78, 5) is 26.6. The van der Waals surface area contributed by atoms with E-state index in [0.29, 0.717) is 16.5 Å². The van der Waals surface area contributed by atoms with E-state index in [4.69, 9.17) is 0 Å². The van der Waals surface area contributed by atoms with Crippen molar-refractivity contribution in [3.05, 3.63) is 77.3 Å². The van der Waals surface area contributed by atoms with Gasteiger partial charge in [0.05, 0.1) is 11.3 Å². The van der Waals surface area contributed by atoms with Gasteiger partial charge in [-0.3, -0.25) is 14.7 Å². The van der Waals surface area contributed by atoms with Gasteiger partial charge >= 0.3 is 0 Å². The Kier molecular flexibility index (Phi) is 5.48. The molecule has 1 N–H and O–H groups in total. The quantitative estimate of drug-likeness (QED) is 0.497. The lowest BCUT2D eigenvalue weighted by atomic mass is 10.1. The van der Waals surface area contributed by atoms with Gasteiger partial charge in [0.25, 0.3) is 5.91 Å². The summed E-state index contributed by atoms with van der Waals surface area (Å²) < 4.78 is 1.78. The van der Waals surface area contributed by atoms with Gasteiger partial charge in [-0.25, -0.2) is 15.0 Å². The molecule has 0 aliphatic rings. The number of pyridine rings is 1. The minimum Gasteiger partial charge on any atom is -0.298 e. The third-order valence-electron chi connectivity index (χ3n) is 4.56. The number of nitrogens with zero attached hydrogens (tertiary/aromatic N) is 4. The van der Waals surface area contributed by atoms with Crippen LogP contribution < -0.4 is 5.32 Å². The Hall–Kier alpha value is -3.32. The molecule has 0 saturated heterocycles. The zero-order valence-electron chi connectivity index (χ0n) is 16.3. The number of benzene rings is 1. The number of rotatable bonds is 6. The van der Waals surface area contributed by atoms with Gasteiger partial charge in [0.2, 0.25) is 0 Å². The first-order valence-corrected chi connectivity index (χ1v) is 10.3. The lowest BCUT2D eigenvalue weighted by Gasteiger charge is -2.04. The van der Waals surface area contributed by atoms with Crippen molar-refractivity contribution in [3.63, 3.8) is 0 Å². The number of imidazole rings is 1. The van der Waals surface area contributed by atoms with Gasteiger partial charge in [-0.05, 0) is 31.0 Å². The number of carbonyl (C=O) groups is 1. The summed E-state index contributed by atoms with van der Waals surface area (Å²) in [5.41, 5.74) is 3.77. The molecule has 146 valence electrons. The number of carbonyl (C=O) groups excluding carboxylic acids is 1. The highest BCUT2D eigenvalue weighted by molar-refractivity contribution is 7.16. The van der Waals surface area contributed by atoms with E-state index in [1.165, 1.54) is 16.9 Å². The van der Waals surface area contributed by atoms with Crippen molar-refractivity contribution in [2.24, 2.45) is 0 Å². The first-order chi connectivity index (χ1) is 14.1. The Labute approximate surface area is 173 Å². The van der Waals surface area contributed by atoms with Gasteiger partial charge in [0, 0.05) is 29.0 Å². The first kappa shape index (κ1) is 19.0. The standard InChI is InChI=1S/C22H21N5OS/c1-3-4-16-5-7-17(8-6-16)20-15(2)29-22(25-20)26-21(28)18-9-10-19(24-13-18)27-12-11-23-14-27/h5-14H,3-4H2,1-2H3,(H,25,26,28). The maximum Gasteiger partial charge on any atom is 0.259 e. The molecule has 0 saturated carbocycles. The zero-order chi connectivity index (χ0) is 20.2. The van der Waals surface area contributed by atoms with E-state index in [-0.39, 0.29) is 5.91 Å². The highest BCUT2D eigenvalue weighted by Crippen LogP contribution is 2.31. The highest BCUT2D eigenvalue weighted by Gasteiger charge is 2.14. The predicted octanol–water partition coefficient (Wildman–Crippen LogP) is 4.90. The molecule has 0 radical (unpaired) electrons. The summed E-state index contributed by atoms with van der Waals surface area (Å²) in [5.74, 6) is 0.478. The average molecular weight is 404 g/mol. The van der Waals surface area contributed by atoms with Crippen LogP contribution >= 0.6 is 11.3 Å². The van der Waals surface area contributed by atoms with Crippen LogP contribution in [0.5, 0.6) is 0 Å². The van der Waals surface area contributed by atoms with E-state index in [1.807, 2.05) is 6.92 Å². The normalized spacial score (nSPS) is 10.8. The van der Waals surface area contributed by atoms with Crippen LogP contribution in [0.2, 0.25) is 0 Å². The van der Waals surface area contributed by atoms with Crippen LogP contribution in [0, 0.1) is 6.92 Å². The molecule has 3 aromatic heterocycles. The van der Waals surface area contributed by atoms with Crippen LogP contribution in [0.1, 0.15) is 34.1 Å². The van der Waals surface area contributed by atoms with E-state index in [9.17, 15) is 4.79 Å². The van der Waals surface area contributed by atoms with E-state index < -0.39 is 0 Å². The van der Waals surface area contributed by atoms with Crippen molar-refractivity contribution in [2.75, 3.05) is 5.32 Å². The molecule has 0 atom stereocenters. The van der Waals surface area contributed by atoms with Crippen molar-refractivity contribution in [2.45, 2.75) is 26.7 Å². The third-order valence-corrected chi connectivity index (χ3v) is 5.45. The molecule has 6 nitrogen and oxygen atoms in total. The summed E-state index contributed by atoms with van der Waals surface area (Å²) in [6.07, 6.45) is 8.91. The number of amides is 1. The van der Waals surface area contributed by atoms with Gasteiger partial charge in [-0.15, -0.1) is 11.3 Å². The minimum absolute atomic E-state index is 0.228. The fourth-order valence-electron chi connectivity index (χ4n) is 3.07. The average Bonchev–Trinajstić information content (AvgIpc) is 3.39. The topological polar surface area (TPSA) is 72.7 Å². The Morgan fingerprint density at radius 1 is 1.17 bits per heavy atom. The van der Waals surface area contributed by atoms with Crippen LogP contribution in [-0.4, -0.2) is 25.4 Å². The van der Waals surface area contributed by atoms with E-state index in [2.05, 4.69) is 51.5 Å². The highest BCUT2D eigenvalue weighted by atomic mass is 32.1. The SMILES string of the molecule is CCCc1ccc(-c2nc(NC(=O)c3ccc(-n4ccnc4)nc3)sc2C)cc1. The number of aromatic nitrogens is 4. The Morgan fingerprint density at radius 3 is 2.66 bits per heavy atom. The molecule has 0 bridgehead atoms. The first-order valence-electron chi connectivity index (χ1n) is 9.46. The molecule has 4 aromatic rings. The molecule has 0 fully saturated rings. The third kappa shape index (κ3) is 4.25. The molecule has 0 spiro atoms. The van der Waals surface area contributed by atoms with Crippen molar-refractivity contribution in [1.29, 1.82) is 0 Å². The molecular weight excluding hydrogens is 382 g/mol. The van der Waals surface area contributed by atoms with Gasteiger partial charge in [-0.1, -0.05) is 37.6 Å². The molecule has 3 heterocycles. The van der Waals surface area contributed by atoms with Crippen LogP contribution in [0.3, 0.4) is 0 Å². The number of anilines is 1. The molecule has 1 amide bonds. The molecule has 0 aliphatic heterocycles. The van der Waals surface area contributed by atoms with Gasteiger partial charge in [0.15, 0.2) is 5.13 Å². The lowest BCUT2D eigenvalue weighted by Crippen LogP contribution is -2.12. The van der Waals surface area contributed by atoms with Gasteiger partial charge in [-0.2, -0.15) is 0 Å². The maximum absolute atomic E-state index is 12.6. The van der Waals surface area contributed by atoms with Crippen LogP contribution in [-0.2, 0) is 6.42 Å². The number of aryl methyl sites for hydroxylation is 2. The van der Waals surface area contributed by atoms with E-state index in [0.717, 1.165) is 29.0 Å². The molecule has 0 unspecified atom stereocenters. The second kappa shape index (κ2) is 8.36. The van der Waals surface area contributed by atoms with E-state index in [1.54, 1.807) is 41.6 Å². The smallest absolute Gasteiger partial charge is 0.259 e. The summed E-state index contributed by atoms with van der Waals surface area (Å²) in [6.45, 7) is 4.19. The Morgan fingerprint density at radius 2 is 2.00 bits per heavy atom. The van der Waals surface area contributed by atoms with Crippen molar-refractivity contribution in [1.82, 2.24) is 19.5 Å². The summed E-state index contributed by atoms with van der Waals surface area (Å²) in [6, 6.07) is 12.0. The van der Waals surface area contributed by atoms with Crippen molar-refractivity contribution >= 4 is 22.4 Å². The van der Waals surface area contributed by atoms with Crippen LogP contribution in [0.4, 0.5) is 5.13 Å². The molecule has 0 aliphatic carbocycles. The fourth-order valence-corrected chi connectivity index (χ4v) is 3.90. The van der Waals surface area contributed by atoms with Crippen molar-refractivity contribution in [3.8, 4) is 17.1 Å². The molecular formula is C22H21N5OS. The van der Waals surface area contributed by atoms with Gasteiger partial charge < -0.3 is 0 Å².